The van der Waals surface area contributed by atoms with Crippen LogP contribution in [0, 0.1) is 0 Å². The summed E-state index contributed by atoms with van der Waals surface area (Å²) in [6, 6.07) is 0. The Balaban J connectivity index is 1.56. The van der Waals surface area contributed by atoms with Crippen LogP contribution in [-0.4, -0.2) is 77.6 Å². The van der Waals surface area contributed by atoms with Gasteiger partial charge in [-0.3, -0.25) is 4.79 Å². The third-order valence-electron chi connectivity index (χ3n) is 4.38. The Morgan fingerprint density at radius 3 is 2.29 bits per heavy atom. The number of amides is 2. The van der Waals surface area contributed by atoms with Crippen molar-refractivity contribution in [3.8, 4) is 0 Å². The maximum absolute atomic E-state index is 12.3. The predicted molar refractivity (Wildman–Crippen MR) is 88.0 cm³/mol. The van der Waals surface area contributed by atoms with Gasteiger partial charge < -0.3 is 19.4 Å². The Labute approximate surface area is 141 Å². The third kappa shape index (κ3) is 3.58. The van der Waals surface area contributed by atoms with Crippen molar-refractivity contribution in [3.05, 3.63) is 18.1 Å². The zero-order valence-electron chi connectivity index (χ0n) is 14.0. The molecule has 24 heavy (non-hydrogen) atoms. The summed E-state index contributed by atoms with van der Waals surface area (Å²) in [5.74, 6) is 0.690. The van der Waals surface area contributed by atoms with Crippen LogP contribution < -0.4 is 4.90 Å². The molecule has 3 heterocycles. The Morgan fingerprint density at radius 2 is 1.71 bits per heavy atom. The molecular formula is C16H23N5O3. The van der Waals surface area contributed by atoms with E-state index in [0.29, 0.717) is 38.5 Å². The van der Waals surface area contributed by atoms with Crippen molar-refractivity contribution < 1.29 is 14.3 Å². The van der Waals surface area contributed by atoms with Crippen molar-refractivity contribution in [1.82, 2.24) is 19.8 Å². The monoisotopic (exact) mass is 333 g/mol. The van der Waals surface area contributed by atoms with Crippen LogP contribution >= 0.6 is 0 Å². The molecule has 1 aromatic rings. The lowest BCUT2D eigenvalue weighted by Gasteiger charge is -2.34. The second-order valence-corrected chi connectivity index (χ2v) is 5.93. The summed E-state index contributed by atoms with van der Waals surface area (Å²) in [7, 11) is 0. The number of carbonyl (C=O) groups is 2. The quantitative estimate of drug-likeness (QED) is 0.821. The molecule has 0 unspecified atom stereocenters. The smallest absolute Gasteiger partial charge is 0.409 e. The van der Waals surface area contributed by atoms with Crippen LogP contribution in [-0.2, 0) is 4.74 Å². The predicted octanol–water partition coefficient (Wildman–Crippen LogP) is 0.991. The standard InChI is InChI=1S/C16H23N5O3/c1-2-24-16(23)21-9-7-19(8-10-21)14-12-17-13(11-18-14)15(22)20-5-3-4-6-20/h11-12H,2-10H2,1H3. The zero-order chi connectivity index (χ0) is 16.9. The summed E-state index contributed by atoms with van der Waals surface area (Å²) in [5.41, 5.74) is 0.394. The maximum Gasteiger partial charge on any atom is 0.409 e. The second-order valence-electron chi connectivity index (χ2n) is 5.93. The molecule has 1 aromatic heterocycles. The molecule has 0 spiro atoms. The summed E-state index contributed by atoms with van der Waals surface area (Å²) in [6.45, 7) is 6.33. The van der Waals surface area contributed by atoms with Gasteiger partial charge in [0.1, 0.15) is 11.5 Å². The fraction of sp³-hybridized carbons (Fsp3) is 0.625. The average molecular weight is 333 g/mol. The SMILES string of the molecule is CCOC(=O)N1CCN(c2cnc(C(=O)N3CCCC3)cn2)CC1. The molecule has 8 heteroatoms. The van der Waals surface area contributed by atoms with E-state index in [0.717, 1.165) is 31.7 Å². The van der Waals surface area contributed by atoms with Gasteiger partial charge in [-0.2, -0.15) is 0 Å². The van der Waals surface area contributed by atoms with Crippen molar-refractivity contribution in [1.29, 1.82) is 0 Å². The molecule has 3 rings (SSSR count). The molecule has 0 radical (unpaired) electrons. The molecule has 0 aromatic carbocycles. The van der Waals surface area contributed by atoms with Crippen LogP contribution in [0.25, 0.3) is 0 Å². The van der Waals surface area contributed by atoms with Crippen molar-refractivity contribution in [2.75, 3.05) is 50.8 Å². The number of rotatable bonds is 3. The average Bonchev–Trinajstić information content (AvgIpc) is 3.16. The van der Waals surface area contributed by atoms with Crippen molar-refractivity contribution in [3.63, 3.8) is 0 Å². The normalized spacial score (nSPS) is 18.0. The highest BCUT2D eigenvalue weighted by Gasteiger charge is 2.24. The van der Waals surface area contributed by atoms with E-state index < -0.39 is 0 Å². The number of piperazine rings is 1. The van der Waals surface area contributed by atoms with Gasteiger partial charge in [-0.05, 0) is 19.8 Å². The Hall–Kier alpha value is -2.38. The van der Waals surface area contributed by atoms with Crippen LogP contribution in [0.15, 0.2) is 12.4 Å². The van der Waals surface area contributed by atoms with E-state index >= 15 is 0 Å². The van der Waals surface area contributed by atoms with E-state index in [2.05, 4.69) is 14.9 Å². The van der Waals surface area contributed by atoms with E-state index in [4.69, 9.17) is 4.74 Å². The fourth-order valence-corrected chi connectivity index (χ4v) is 3.01. The van der Waals surface area contributed by atoms with Crippen molar-refractivity contribution >= 4 is 17.8 Å². The first kappa shape index (κ1) is 16.5. The molecule has 2 aliphatic rings. The molecule has 0 saturated carbocycles. The molecule has 0 bridgehead atoms. The first-order chi connectivity index (χ1) is 11.7. The number of hydrogen-bond acceptors (Lipinski definition) is 6. The molecule has 2 aliphatic heterocycles. The van der Waals surface area contributed by atoms with E-state index in [1.165, 1.54) is 0 Å². The number of aromatic nitrogens is 2. The van der Waals surface area contributed by atoms with Gasteiger partial charge in [-0.25, -0.2) is 14.8 Å². The minimum atomic E-state index is -0.269. The van der Waals surface area contributed by atoms with Gasteiger partial charge >= 0.3 is 6.09 Å². The molecule has 0 N–H and O–H groups in total. The highest BCUT2D eigenvalue weighted by Crippen LogP contribution is 2.15. The number of likely N-dealkylation sites (tertiary alicyclic amines) is 1. The summed E-state index contributed by atoms with van der Waals surface area (Å²) >= 11 is 0. The molecule has 130 valence electrons. The van der Waals surface area contributed by atoms with Gasteiger partial charge in [-0.1, -0.05) is 0 Å². The van der Waals surface area contributed by atoms with Gasteiger partial charge in [0.05, 0.1) is 19.0 Å². The van der Waals surface area contributed by atoms with E-state index in [-0.39, 0.29) is 12.0 Å². The van der Waals surface area contributed by atoms with Crippen LogP contribution in [0.2, 0.25) is 0 Å². The van der Waals surface area contributed by atoms with Gasteiger partial charge in [0.2, 0.25) is 0 Å². The molecule has 2 fully saturated rings. The van der Waals surface area contributed by atoms with Crippen LogP contribution in [0.3, 0.4) is 0 Å². The molecular weight excluding hydrogens is 310 g/mol. The lowest BCUT2D eigenvalue weighted by molar-refractivity contribution is 0.0786. The molecule has 0 aliphatic carbocycles. The molecule has 2 saturated heterocycles. The summed E-state index contributed by atoms with van der Waals surface area (Å²) in [4.78, 5) is 38.2. The lowest BCUT2D eigenvalue weighted by atomic mass is 10.3. The molecule has 2 amide bonds. The lowest BCUT2D eigenvalue weighted by Crippen LogP contribution is -2.49. The molecule has 0 atom stereocenters. The number of ether oxygens (including phenoxy) is 1. The van der Waals surface area contributed by atoms with E-state index in [9.17, 15) is 9.59 Å². The summed E-state index contributed by atoms with van der Waals surface area (Å²) < 4.78 is 5.01. The number of carbonyl (C=O) groups excluding carboxylic acids is 2. The number of nitrogens with zero attached hydrogens (tertiary/aromatic N) is 5. The highest BCUT2D eigenvalue weighted by molar-refractivity contribution is 5.92. The second kappa shape index (κ2) is 7.46. The Bertz CT molecular complexity index is 578. The van der Waals surface area contributed by atoms with Crippen LogP contribution in [0.4, 0.5) is 10.6 Å². The van der Waals surface area contributed by atoms with Gasteiger partial charge in [-0.15, -0.1) is 0 Å². The first-order valence-electron chi connectivity index (χ1n) is 8.47. The van der Waals surface area contributed by atoms with Gasteiger partial charge in [0.15, 0.2) is 0 Å². The van der Waals surface area contributed by atoms with Gasteiger partial charge in [0, 0.05) is 39.3 Å². The topological polar surface area (TPSA) is 78.9 Å². The Morgan fingerprint density at radius 1 is 1.00 bits per heavy atom. The summed E-state index contributed by atoms with van der Waals surface area (Å²) in [6.07, 6.45) is 5.04. The third-order valence-corrected chi connectivity index (χ3v) is 4.38. The zero-order valence-corrected chi connectivity index (χ0v) is 14.0. The fourth-order valence-electron chi connectivity index (χ4n) is 3.01. The maximum atomic E-state index is 12.3. The van der Waals surface area contributed by atoms with E-state index in [1.807, 2.05) is 4.90 Å². The van der Waals surface area contributed by atoms with Crippen LogP contribution in [0.1, 0.15) is 30.3 Å². The minimum absolute atomic E-state index is 0.0429. The highest BCUT2D eigenvalue weighted by atomic mass is 16.6. The molecule has 8 nitrogen and oxygen atoms in total. The van der Waals surface area contributed by atoms with Crippen molar-refractivity contribution in [2.45, 2.75) is 19.8 Å². The first-order valence-corrected chi connectivity index (χ1v) is 8.47. The van der Waals surface area contributed by atoms with Crippen LogP contribution in [0.5, 0.6) is 0 Å². The summed E-state index contributed by atoms with van der Waals surface area (Å²) in [5, 5.41) is 0. The Kier molecular flexibility index (Phi) is 5.12. The number of anilines is 1. The largest absolute Gasteiger partial charge is 0.450 e. The van der Waals surface area contributed by atoms with E-state index in [1.54, 1.807) is 24.2 Å². The van der Waals surface area contributed by atoms with Gasteiger partial charge in [0.25, 0.3) is 5.91 Å². The van der Waals surface area contributed by atoms with Crippen molar-refractivity contribution in [2.24, 2.45) is 0 Å². The minimum Gasteiger partial charge on any atom is -0.450 e. The number of hydrogen-bond donors (Lipinski definition) is 0.